The lowest BCUT2D eigenvalue weighted by molar-refractivity contribution is -0.139. The molecule has 3 rings (SSSR count). The van der Waals surface area contributed by atoms with Crippen LogP contribution in [0.5, 0.6) is 0 Å². The molecule has 0 N–H and O–H groups in total. The van der Waals surface area contributed by atoms with Crippen molar-refractivity contribution in [2.45, 2.75) is 32.2 Å². The number of carbonyl (C=O) groups is 1. The topological polar surface area (TPSA) is 50.6 Å². The number of benzene rings is 1. The smallest absolute Gasteiger partial charge is 0.239 e. The molecule has 6 heteroatoms. The van der Waals surface area contributed by atoms with Gasteiger partial charge >= 0.3 is 0 Å². The lowest BCUT2D eigenvalue weighted by Gasteiger charge is -2.37. The van der Waals surface area contributed by atoms with Crippen molar-refractivity contribution in [3.05, 3.63) is 54.4 Å². The van der Waals surface area contributed by atoms with Crippen LogP contribution in [-0.2, 0) is 22.6 Å². The summed E-state index contributed by atoms with van der Waals surface area (Å²) in [5.41, 5.74) is 1.14. The van der Waals surface area contributed by atoms with Gasteiger partial charge in [-0.1, -0.05) is 30.3 Å². The predicted octanol–water partition coefficient (Wildman–Crippen LogP) is 1.63. The SMILES string of the molecule is CC(C(=O)N(C)Cc1ccccc1)N1CCOC(Cn2cccn2)C1. The highest BCUT2D eigenvalue weighted by molar-refractivity contribution is 5.81. The first-order valence-electron chi connectivity index (χ1n) is 8.75. The number of rotatable bonds is 6. The number of hydrogen-bond donors (Lipinski definition) is 0. The largest absolute Gasteiger partial charge is 0.374 e. The summed E-state index contributed by atoms with van der Waals surface area (Å²) >= 11 is 0. The van der Waals surface area contributed by atoms with E-state index in [4.69, 9.17) is 4.74 Å². The van der Waals surface area contributed by atoms with Crippen molar-refractivity contribution in [3.63, 3.8) is 0 Å². The van der Waals surface area contributed by atoms with Crippen molar-refractivity contribution >= 4 is 5.91 Å². The van der Waals surface area contributed by atoms with Crippen molar-refractivity contribution in [3.8, 4) is 0 Å². The van der Waals surface area contributed by atoms with E-state index < -0.39 is 0 Å². The Bertz CT molecular complexity index is 659. The molecule has 0 aliphatic carbocycles. The van der Waals surface area contributed by atoms with Crippen LogP contribution in [0.1, 0.15) is 12.5 Å². The quantitative estimate of drug-likeness (QED) is 0.801. The van der Waals surface area contributed by atoms with Crippen molar-refractivity contribution in [1.29, 1.82) is 0 Å². The summed E-state index contributed by atoms with van der Waals surface area (Å²) in [5, 5.41) is 4.23. The fourth-order valence-corrected chi connectivity index (χ4v) is 3.23. The standard InChI is InChI=1S/C19H26N4O2/c1-16(19(24)21(2)13-17-7-4-3-5-8-17)22-11-12-25-18(14-22)15-23-10-6-9-20-23/h3-10,16,18H,11-15H2,1-2H3. The van der Waals surface area contributed by atoms with Crippen molar-refractivity contribution in [2.24, 2.45) is 0 Å². The Balaban J connectivity index is 1.55. The number of nitrogens with zero attached hydrogens (tertiary/aromatic N) is 4. The number of aromatic nitrogens is 2. The van der Waals surface area contributed by atoms with Crippen LogP contribution in [0.25, 0.3) is 0 Å². The van der Waals surface area contributed by atoms with Gasteiger partial charge in [-0.15, -0.1) is 0 Å². The molecule has 2 aromatic rings. The molecule has 0 spiro atoms. The molecule has 0 saturated carbocycles. The van der Waals surface area contributed by atoms with Crippen LogP contribution in [0, 0.1) is 0 Å². The maximum atomic E-state index is 12.8. The summed E-state index contributed by atoms with van der Waals surface area (Å²) in [6.45, 7) is 5.50. The minimum atomic E-state index is -0.155. The normalized spacial score (nSPS) is 19.5. The van der Waals surface area contributed by atoms with Gasteiger partial charge in [-0.05, 0) is 18.6 Å². The molecule has 6 nitrogen and oxygen atoms in total. The average Bonchev–Trinajstić information content (AvgIpc) is 3.14. The molecule has 1 aromatic carbocycles. The molecule has 0 radical (unpaired) electrons. The zero-order valence-corrected chi connectivity index (χ0v) is 14.9. The number of carbonyl (C=O) groups excluding carboxylic acids is 1. The molecule has 134 valence electrons. The number of hydrogen-bond acceptors (Lipinski definition) is 4. The Morgan fingerprint density at radius 2 is 2.16 bits per heavy atom. The molecule has 2 heterocycles. The summed E-state index contributed by atoms with van der Waals surface area (Å²) < 4.78 is 7.72. The van der Waals surface area contributed by atoms with E-state index in [9.17, 15) is 4.79 Å². The molecule has 2 unspecified atom stereocenters. The van der Waals surface area contributed by atoms with E-state index in [2.05, 4.69) is 10.00 Å². The summed E-state index contributed by atoms with van der Waals surface area (Å²) in [7, 11) is 1.87. The van der Waals surface area contributed by atoms with Crippen LogP contribution in [0.15, 0.2) is 48.8 Å². The average molecular weight is 342 g/mol. The minimum absolute atomic E-state index is 0.0586. The lowest BCUT2D eigenvalue weighted by atomic mass is 10.1. The zero-order chi connectivity index (χ0) is 17.6. The second-order valence-electron chi connectivity index (χ2n) is 6.57. The van der Waals surface area contributed by atoms with Gasteiger partial charge in [0, 0.05) is 39.1 Å². The van der Waals surface area contributed by atoms with Crippen molar-refractivity contribution in [2.75, 3.05) is 26.7 Å². The molecule has 1 fully saturated rings. The van der Waals surface area contributed by atoms with Crippen LogP contribution in [0.3, 0.4) is 0 Å². The third-order valence-electron chi connectivity index (χ3n) is 4.66. The highest BCUT2D eigenvalue weighted by Crippen LogP contribution is 2.13. The van der Waals surface area contributed by atoms with E-state index >= 15 is 0 Å². The van der Waals surface area contributed by atoms with Crippen LogP contribution < -0.4 is 0 Å². The van der Waals surface area contributed by atoms with Crippen LogP contribution in [0.2, 0.25) is 0 Å². The van der Waals surface area contributed by atoms with Crippen molar-refractivity contribution in [1.82, 2.24) is 19.6 Å². The number of ether oxygens (including phenoxy) is 1. The molecule has 25 heavy (non-hydrogen) atoms. The molecule has 1 aliphatic heterocycles. The lowest BCUT2D eigenvalue weighted by Crippen LogP contribution is -2.53. The molecule has 1 saturated heterocycles. The first-order valence-corrected chi connectivity index (χ1v) is 8.75. The van der Waals surface area contributed by atoms with Gasteiger partial charge in [-0.2, -0.15) is 5.10 Å². The van der Waals surface area contributed by atoms with Gasteiger partial charge in [0.2, 0.25) is 5.91 Å². The molecule has 0 bridgehead atoms. The first kappa shape index (κ1) is 17.6. The Kier molecular flexibility index (Phi) is 5.83. The Morgan fingerprint density at radius 3 is 2.88 bits per heavy atom. The highest BCUT2D eigenvalue weighted by Gasteiger charge is 2.29. The van der Waals surface area contributed by atoms with Gasteiger partial charge < -0.3 is 9.64 Å². The van der Waals surface area contributed by atoms with Crippen molar-refractivity contribution < 1.29 is 9.53 Å². The maximum Gasteiger partial charge on any atom is 0.239 e. The first-order chi connectivity index (χ1) is 12.1. The van der Waals surface area contributed by atoms with Gasteiger partial charge in [0.15, 0.2) is 0 Å². The fourth-order valence-electron chi connectivity index (χ4n) is 3.23. The molecular weight excluding hydrogens is 316 g/mol. The third kappa shape index (κ3) is 4.67. The summed E-state index contributed by atoms with van der Waals surface area (Å²) in [6.07, 6.45) is 3.76. The summed E-state index contributed by atoms with van der Waals surface area (Å²) in [4.78, 5) is 16.8. The molecular formula is C19H26N4O2. The van der Waals surface area contributed by atoms with E-state index in [1.165, 1.54) is 0 Å². The number of amides is 1. The Labute approximate surface area is 149 Å². The third-order valence-corrected chi connectivity index (χ3v) is 4.66. The van der Waals surface area contributed by atoms with Gasteiger partial charge in [0.1, 0.15) is 0 Å². The Morgan fingerprint density at radius 1 is 1.36 bits per heavy atom. The highest BCUT2D eigenvalue weighted by atomic mass is 16.5. The van der Waals surface area contributed by atoms with E-state index in [1.807, 2.05) is 61.2 Å². The van der Waals surface area contributed by atoms with E-state index in [0.29, 0.717) is 19.7 Å². The number of morpholine rings is 1. The summed E-state index contributed by atoms with van der Waals surface area (Å²) in [5.74, 6) is 0.142. The van der Waals surface area contributed by atoms with Gasteiger partial charge in [-0.3, -0.25) is 14.4 Å². The van der Waals surface area contributed by atoms with Crippen LogP contribution >= 0.6 is 0 Å². The van der Waals surface area contributed by atoms with Gasteiger partial charge in [-0.25, -0.2) is 0 Å². The zero-order valence-electron chi connectivity index (χ0n) is 14.9. The van der Waals surface area contributed by atoms with Crippen LogP contribution in [-0.4, -0.2) is 64.4 Å². The molecule has 1 aliphatic rings. The second kappa shape index (κ2) is 8.27. The second-order valence-corrected chi connectivity index (χ2v) is 6.57. The predicted molar refractivity (Wildman–Crippen MR) is 95.9 cm³/mol. The van der Waals surface area contributed by atoms with E-state index in [0.717, 1.165) is 18.7 Å². The molecule has 1 amide bonds. The van der Waals surface area contributed by atoms with E-state index in [-0.39, 0.29) is 18.1 Å². The minimum Gasteiger partial charge on any atom is -0.374 e. The van der Waals surface area contributed by atoms with E-state index in [1.54, 1.807) is 11.1 Å². The van der Waals surface area contributed by atoms with Gasteiger partial charge in [0.25, 0.3) is 0 Å². The van der Waals surface area contributed by atoms with Crippen LogP contribution in [0.4, 0.5) is 0 Å². The summed E-state index contributed by atoms with van der Waals surface area (Å²) in [6, 6.07) is 11.8. The number of likely N-dealkylation sites (N-methyl/N-ethyl adjacent to an activating group) is 1. The maximum absolute atomic E-state index is 12.8. The monoisotopic (exact) mass is 342 g/mol. The molecule has 1 aromatic heterocycles. The fraction of sp³-hybridized carbons (Fsp3) is 0.474. The van der Waals surface area contributed by atoms with Gasteiger partial charge in [0.05, 0.1) is 25.3 Å². The molecule has 2 atom stereocenters. The Hall–Kier alpha value is -2.18.